The molecule has 138 valence electrons. The third-order valence-corrected chi connectivity index (χ3v) is 6.64. The Kier molecular flexibility index (Phi) is 5.65. The van der Waals surface area contributed by atoms with Crippen LogP contribution >= 0.6 is 15.9 Å². The van der Waals surface area contributed by atoms with Gasteiger partial charge in [0, 0.05) is 38.2 Å². The molecular formula is C16H22BrN3O4S. The molecule has 1 unspecified atom stereocenters. The molecule has 3 heterocycles. The summed E-state index contributed by atoms with van der Waals surface area (Å²) in [6, 6.07) is 3.69. The van der Waals surface area contributed by atoms with Crippen LogP contribution in [0, 0.1) is 5.92 Å². The fraction of sp³-hybridized carbons (Fsp3) is 0.625. The van der Waals surface area contributed by atoms with E-state index in [0.29, 0.717) is 44.9 Å². The van der Waals surface area contributed by atoms with Crippen LogP contribution in [0.1, 0.15) is 19.3 Å². The van der Waals surface area contributed by atoms with Crippen LogP contribution in [-0.2, 0) is 14.8 Å². The minimum absolute atomic E-state index is 0.0636. The van der Waals surface area contributed by atoms with Gasteiger partial charge in [-0.2, -0.15) is 0 Å². The lowest BCUT2D eigenvalue weighted by Crippen LogP contribution is -2.43. The number of ether oxygens (including phenoxy) is 1. The monoisotopic (exact) mass is 431 g/mol. The van der Waals surface area contributed by atoms with E-state index in [0.717, 1.165) is 10.9 Å². The average molecular weight is 432 g/mol. The topological polar surface area (TPSA) is 79.8 Å². The van der Waals surface area contributed by atoms with E-state index < -0.39 is 10.0 Å². The summed E-state index contributed by atoms with van der Waals surface area (Å²) in [5.74, 6) is 0.556. The van der Waals surface area contributed by atoms with Gasteiger partial charge in [0.1, 0.15) is 6.10 Å². The fourth-order valence-electron chi connectivity index (χ4n) is 3.33. The van der Waals surface area contributed by atoms with Crippen LogP contribution in [0.3, 0.4) is 0 Å². The van der Waals surface area contributed by atoms with Crippen LogP contribution in [-0.4, -0.2) is 67.1 Å². The zero-order valence-electron chi connectivity index (χ0n) is 14.1. The molecule has 3 rings (SSSR count). The Hall–Kier alpha value is -1.19. The molecule has 7 nitrogen and oxygen atoms in total. The van der Waals surface area contributed by atoms with Gasteiger partial charge in [0.25, 0.3) is 0 Å². The molecular weight excluding hydrogens is 410 g/mol. The first kappa shape index (κ1) is 18.6. The zero-order valence-corrected chi connectivity index (χ0v) is 16.5. The van der Waals surface area contributed by atoms with E-state index >= 15 is 0 Å². The average Bonchev–Trinajstić information content (AvgIpc) is 3.04. The second kappa shape index (κ2) is 7.59. The first-order valence-corrected chi connectivity index (χ1v) is 11.0. The Balaban J connectivity index is 1.52. The number of hydrogen-bond donors (Lipinski definition) is 0. The summed E-state index contributed by atoms with van der Waals surface area (Å²) in [5.41, 5.74) is 0. The summed E-state index contributed by atoms with van der Waals surface area (Å²) >= 11 is 3.41. The summed E-state index contributed by atoms with van der Waals surface area (Å²) in [6.45, 7) is 2.06. The lowest BCUT2D eigenvalue weighted by atomic mass is 9.97. The number of nitrogens with zero attached hydrogens (tertiary/aromatic N) is 3. The molecule has 25 heavy (non-hydrogen) atoms. The van der Waals surface area contributed by atoms with E-state index in [-0.39, 0.29) is 17.9 Å². The summed E-state index contributed by atoms with van der Waals surface area (Å²) < 4.78 is 31.3. The molecule has 2 aliphatic heterocycles. The number of pyridine rings is 1. The van der Waals surface area contributed by atoms with Gasteiger partial charge in [-0.3, -0.25) is 4.79 Å². The minimum Gasteiger partial charge on any atom is -0.472 e. The maximum atomic E-state index is 12.7. The lowest BCUT2D eigenvalue weighted by molar-refractivity contribution is -0.135. The normalized spacial score (nSPS) is 23.0. The Morgan fingerprint density at radius 3 is 2.64 bits per heavy atom. The Morgan fingerprint density at radius 2 is 2.00 bits per heavy atom. The number of rotatable bonds is 4. The van der Waals surface area contributed by atoms with Crippen LogP contribution < -0.4 is 4.74 Å². The number of likely N-dealkylation sites (tertiary alicyclic amines) is 1. The molecule has 2 aliphatic rings. The van der Waals surface area contributed by atoms with Crippen molar-refractivity contribution in [1.82, 2.24) is 14.2 Å². The van der Waals surface area contributed by atoms with E-state index in [1.165, 1.54) is 10.6 Å². The van der Waals surface area contributed by atoms with Gasteiger partial charge in [0.15, 0.2) is 0 Å². The second-order valence-corrected chi connectivity index (χ2v) is 9.38. The standard InChI is InChI=1S/C16H22BrN3O4S/c1-25(22,23)20-9-4-12(5-10-20)16(21)19-8-6-13(11-19)24-15-14(17)3-2-7-18-15/h2-3,7,12-13H,4-6,8-11H2,1H3. The summed E-state index contributed by atoms with van der Waals surface area (Å²) in [4.78, 5) is 18.7. The Morgan fingerprint density at radius 1 is 1.28 bits per heavy atom. The number of carbonyl (C=O) groups is 1. The minimum atomic E-state index is -3.16. The Bertz CT molecular complexity index is 735. The molecule has 0 aromatic carbocycles. The number of aromatic nitrogens is 1. The van der Waals surface area contributed by atoms with Gasteiger partial charge in [-0.05, 0) is 40.9 Å². The van der Waals surface area contributed by atoms with Crippen molar-refractivity contribution in [2.75, 3.05) is 32.4 Å². The predicted molar refractivity (Wildman–Crippen MR) is 96.7 cm³/mol. The van der Waals surface area contributed by atoms with Crippen LogP contribution in [0.15, 0.2) is 22.8 Å². The highest BCUT2D eigenvalue weighted by Crippen LogP contribution is 2.27. The zero-order chi connectivity index (χ0) is 18.0. The molecule has 0 N–H and O–H groups in total. The van der Waals surface area contributed by atoms with E-state index in [4.69, 9.17) is 4.74 Å². The SMILES string of the molecule is CS(=O)(=O)N1CCC(C(=O)N2CCC(Oc3ncccc3Br)C2)CC1. The van der Waals surface area contributed by atoms with Crippen LogP contribution in [0.4, 0.5) is 0 Å². The smallest absolute Gasteiger partial charge is 0.228 e. The molecule has 1 amide bonds. The molecule has 0 saturated carbocycles. The molecule has 0 bridgehead atoms. The van der Waals surface area contributed by atoms with Crippen molar-refractivity contribution in [3.8, 4) is 5.88 Å². The molecule has 0 aliphatic carbocycles. The first-order chi connectivity index (χ1) is 11.8. The van der Waals surface area contributed by atoms with Gasteiger partial charge in [-0.25, -0.2) is 17.7 Å². The summed E-state index contributed by atoms with van der Waals surface area (Å²) in [5, 5.41) is 0. The molecule has 2 saturated heterocycles. The molecule has 0 spiro atoms. The van der Waals surface area contributed by atoms with Crippen molar-refractivity contribution in [3.63, 3.8) is 0 Å². The largest absolute Gasteiger partial charge is 0.472 e. The van der Waals surface area contributed by atoms with Gasteiger partial charge < -0.3 is 9.64 Å². The van der Waals surface area contributed by atoms with Crippen LogP contribution in [0.2, 0.25) is 0 Å². The van der Waals surface area contributed by atoms with E-state index in [9.17, 15) is 13.2 Å². The third-order valence-electron chi connectivity index (χ3n) is 4.73. The number of piperidine rings is 1. The number of carbonyl (C=O) groups excluding carboxylic acids is 1. The van der Waals surface area contributed by atoms with Gasteiger partial charge in [0.05, 0.1) is 17.3 Å². The van der Waals surface area contributed by atoms with E-state index in [1.54, 1.807) is 6.20 Å². The second-order valence-electron chi connectivity index (χ2n) is 6.54. The quantitative estimate of drug-likeness (QED) is 0.721. The first-order valence-electron chi connectivity index (χ1n) is 8.35. The highest BCUT2D eigenvalue weighted by atomic mass is 79.9. The summed E-state index contributed by atoms with van der Waals surface area (Å²) in [7, 11) is -3.16. The number of amides is 1. The van der Waals surface area contributed by atoms with Gasteiger partial charge in [-0.1, -0.05) is 0 Å². The van der Waals surface area contributed by atoms with Crippen molar-refractivity contribution >= 4 is 31.9 Å². The molecule has 9 heteroatoms. The predicted octanol–water partition coefficient (Wildman–Crippen LogP) is 1.50. The van der Waals surface area contributed by atoms with Crippen molar-refractivity contribution in [2.45, 2.75) is 25.4 Å². The highest BCUT2D eigenvalue weighted by Gasteiger charge is 2.35. The van der Waals surface area contributed by atoms with Gasteiger partial charge in [0.2, 0.25) is 21.8 Å². The lowest BCUT2D eigenvalue weighted by Gasteiger charge is -2.31. The molecule has 0 radical (unpaired) electrons. The van der Waals surface area contributed by atoms with Crippen LogP contribution in [0.25, 0.3) is 0 Å². The van der Waals surface area contributed by atoms with Crippen molar-refractivity contribution in [2.24, 2.45) is 5.92 Å². The van der Waals surface area contributed by atoms with Crippen molar-refractivity contribution < 1.29 is 17.9 Å². The van der Waals surface area contributed by atoms with E-state index in [1.807, 2.05) is 17.0 Å². The van der Waals surface area contributed by atoms with Crippen LogP contribution in [0.5, 0.6) is 5.88 Å². The molecule has 1 atom stereocenters. The van der Waals surface area contributed by atoms with Crippen molar-refractivity contribution in [1.29, 1.82) is 0 Å². The number of halogens is 1. The van der Waals surface area contributed by atoms with E-state index in [2.05, 4.69) is 20.9 Å². The number of hydrogen-bond acceptors (Lipinski definition) is 5. The summed E-state index contributed by atoms with van der Waals surface area (Å²) in [6.07, 6.45) is 4.77. The molecule has 1 aromatic rings. The maximum Gasteiger partial charge on any atom is 0.228 e. The number of sulfonamides is 1. The molecule has 1 aromatic heterocycles. The third kappa shape index (κ3) is 4.51. The molecule has 2 fully saturated rings. The maximum absolute atomic E-state index is 12.7. The van der Waals surface area contributed by atoms with Gasteiger partial charge >= 0.3 is 0 Å². The Labute approximate surface area is 156 Å². The van der Waals surface area contributed by atoms with Gasteiger partial charge in [-0.15, -0.1) is 0 Å². The fourth-order valence-corrected chi connectivity index (χ4v) is 4.56. The highest BCUT2D eigenvalue weighted by molar-refractivity contribution is 9.10. The van der Waals surface area contributed by atoms with Crippen molar-refractivity contribution in [3.05, 3.63) is 22.8 Å².